The summed E-state index contributed by atoms with van der Waals surface area (Å²) in [4.78, 5) is 2.13. The highest BCUT2D eigenvalue weighted by Gasteiger charge is 2.41. The normalized spacial score (nSPS) is 24.0. The van der Waals surface area contributed by atoms with E-state index in [1.54, 1.807) is 7.11 Å². The van der Waals surface area contributed by atoms with Gasteiger partial charge in [0.15, 0.2) is 0 Å². The molecule has 2 heterocycles. The Morgan fingerprint density at radius 3 is 2.81 bits per heavy atom. The van der Waals surface area contributed by atoms with E-state index in [-0.39, 0.29) is 0 Å². The summed E-state index contributed by atoms with van der Waals surface area (Å²) in [5.41, 5.74) is 1.44. The average Bonchev–Trinajstić information content (AvgIpc) is 3.07. The van der Waals surface area contributed by atoms with E-state index in [0.717, 1.165) is 27.9 Å². The van der Waals surface area contributed by atoms with Crippen molar-refractivity contribution in [3.05, 3.63) is 59.8 Å². The largest absolute Gasteiger partial charge is 0.497 e. The van der Waals surface area contributed by atoms with E-state index in [1.165, 1.54) is 0 Å². The van der Waals surface area contributed by atoms with Gasteiger partial charge in [-0.15, -0.1) is 0 Å². The Morgan fingerprint density at radius 1 is 1.27 bits per heavy atom. The van der Waals surface area contributed by atoms with Crippen molar-refractivity contribution >= 4 is 10.9 Å². The fraction of sp³-hybridized carbons (Fsp3) is 0.350. The first kappa shape index (κ1) is 17.0. The van der Waals surface area contributed by atoms with Crippen molar-refractivity contribution in [2.24, 2.45) is 0 Å². The standard InChI is InChI=1S/C20H23N3O3/c1-26-15-7-8-17-16(11-15)18(22-21-17)12-23-10-9-20(25,19(24)13-23)14-5-3-2-4-6-14/h2-8,11,19,24-25H,9-10,12-13H2,1H3,(H,21,22)/t19-,20-/m0/s1. The number of nitrogens with zero attached hydrogens (tertiary/aromatic N) is 2. The van der Waals surface area contributed by atoms with Crippen LogP contribution < -0.4 is 4.74 Å². The highest BCUT2D eigenvalue weighted by atomic mass is 16.5. The van der Waals surface area contributed by atoms with Crippen molar-refractivity contribution in [3.63, 3.8) is 0 Å². The van der Waals surface area contributed by atoms with Gasteiger partial charge in [-0.1, -0.05) is 30.3 Å². The van der Waals surface area contributed by atoms with Gasteiger partial charge < -0.3 is 14.9 Å². The van der Waals surface area contributed by atoms with Crippen LogP contribution in [0.4, 0.5) is 0 Å². The molecule has 1 aliphatic heterocycles. The number of likely N-dealkylation sites (tertiary alicyclic amines) is 1. The summed E-state index contributed by atoms with van der Waals surface area (Å²) in [6.45, 7) is 1.72. The molecule has 6 heteroatoms. The molecule has 0 aliphatic carbocycles. The van der Waals surface area contributed by atoms with Crippen molar-refractivity contribution in [2.75, 3.05) is 20.2 Å². The number of piperidine rings is 1. The predicted molar refractivity (Wildman–Crippen MR) is 98.9 cm³/mol. The monoisotopic (exact) mass is 353 g/mol. The number of aromatic amines is 1. The third-order valence-corrected chi connectivity index (χ3v) is 5.29. The zero-order valence-electron chi connectivity index (χ0n) is 14.7. The van der Waals surface area contributed by atoms with E-state index >= 15 is 0 Å². The number of aromatic nitrogens is 2. The number of aliphatic hydroxyl groups excluding tert-OH is 1. The molecule has 0 spiro atoms. The second-order valence-corrected chi connectivity index (χ2v) is 6.88. The lowest BCUT2D eigenvalue weighted by molar-refractivity contribution is -0.126. The number of hydrogen-bond acceptors (Lipinski definition) is 5. The number of β-amino-alcohol motifs (C(OH)–C–C–N with tert-alkyl or cyclic N) is 1. The van der Waals surface area contributed by atoms with Gasteiger partial charge in [-0.2, -0.15) is 5.10 Å². The molecular formula is C20H23N3O3. The Morgan fingerprint density at radius 2 is 2.08 bits per heavy atom. The summed E-state index contributed by atoms with van der Waals surface area (Å²) in [6, 6.07) is 15.2. The Balaban J connectivity index is 1.52. The van der Waals surface area contributed by atoms with E-state index in [4.69, 9.17) is 4.74 Å². The SMILES string of the molecule is COc1ccc2n[nH]c(CN3CC[C@](O)(c4ccccc4)[C@@H](O)C3)c2c1. The maximum atomic E-state index is 11.0. The van der Waals surface area contributed by atoms with Crippen molar-refractivity contribution in [1.29, 1.82) is 0 Å². The van der Waals surface area contributed by atoms with Gasteiger partial charge in [-0.25, -0.2) is 0 Å². The minimum absolute atomic E-state index is 0.399. The van der Waals surface area contributed by atoms with E-state index in [9.17, 15) is 10.2 Å². The van der Waals surface area contributed by atoms with Gasteiger partial charge in [0, 0.05) is 25.0 Å². The Kier molecular flexibility index (Phi) is 4.40. The molecular weight excluding hydrogens is 330 g/mol. The Bertz CT molecular complexity index is 896. The second-order valence-electron chi connectivity index (χ2n) is 6.88. The molecule has 3 N–H and O–H groups in total. The van der Waals surface area contributed by atoms with Crippen LogP contribution in [0.15, 0.2) is 48.5 Å². The number of fused-ring (bicyclic) bond motifs is 1. The Hall–Kier alpha value is -2.41. The lowest BCUT2D eigenvalue weighted by atomic mass is 9.82. The molecule has 1 saturated heterocycles. The van der Waals surface area contributed by atoms with Gasteiger partial charge in [0.05, 0.1) is 24.4 Å². The van der Waals surface area contributed by atoms with Crippen LogP contribution in [0.5, 0.6) is 5.75 Å². The van der Waals surface area contributed by atoms with Crippen LogP contribution in [-0.4, -0.2) is 51.6 Å². The van der Waals surface area contributed by atoms with Crippen molar-refractivity contribution < 1.29 is 14.9 Å². The lowest BCUT2D eigenvalue weighted by Crippen LogP contribution is -2.53. The number of nitrogens with one attached hydrogen (secondary N) is 1. The highest BCUT2D eigenvalue weighted by molar-refractivity contribution is 5.82. The molecule has 0 amide bonds. The molecule has 1 aliphatic rings. The second kappa shape index (κ2) is 6.72. The van der Waals surface area contributed by atoms with Crippen LogP contribution in [0.2, 0.25) is 0 Å². The molecule has 0 unspecified atom stereocenters. The number of H-pyrrole nitrogens is 1. The number of benzene rings is 2. The van der Waals surface area contributed by atoms with Gasteiger partial charge in [-0.05, 0) is 30.2 Å². The number of rotatable bonds is 4. The summed E-state index contributed by atoms with van der Waals surface area (Å²) < 4.78 is 5.30. The van der Waals surface area contributed by atoms with Gasteiger partial charge >= 0.3 is 0 Å². The minimum atomic E-state index is -1.20. The average molecular weight is 353 g/mol. The molecule has 0 radical (unpaired) electrons. The van der Waals surface area contributed by atoms with Crippen LogP contribution in [-0.2, 0) is 12.1 Å². The van der Waals surface area contributed by atoms with E-state index in [0.29, 0.717) is 26.1 Å². The topological polar surface area (TPSA) is 81.6 Å². The van der Waals surface area contributed by atoms with Crippen molar-refractivity contribution in [3.8, 4) is 5.75 Å². The summed E-state index contributed by atoms with van der Waals surface area (Å²) >= 11 is 0. The van der Waals surface area contributed by atoms with Gasteiger partial charge in [-0.3, -0.25) is 10.00 Å². The molecule has 3 aromatic rings. The predicted octanol–water partition coefficient (Wildman–Crippen LogP) is 2.03. The third-order valence-electron chi connectivity index (χ3n) is 5.29. The molecule has 1 aromatic heterocycles. The smallest absolute Gasteiger partial charge is 0.119 e. The van der Waals surface area contributed by atoms with Crippen LogP contribution in [0.3, 0.4) is 0 Å². The van der Waals surface area contributed by atoms with Crippen molar-refractivity contribution in [2.45, 2.75) is 24.7 Å². The number of hydrogen-bond donors (Lipinski definition) is 3. The van der Waals surface area contributed by atoms with Crippen molar-refractivity contribution in [1.82, 2.24) is 15.1 Å². The molecule has 136 valence electrons. The highest BCUT2D eigenvalue weighted by Crippen LogP contribution is 2.34. The third kappa shape index (κ3) is 2.96. The molecule has 2 atom stereocenters. The first-order valence-corrected chi connectivity index (χ1v) is 8.79. The lowest BCUT2D eigenvalue weighted by Gasteiger charge is -2.42. The van der Waals surface area contributed by atoms with E-state index in [2.05, 4.69) is 15.1 Å². The van der Waals surface area contributed by atoms with Crippen LogP contribution in [0, 0.1) is 0 Å². The van der Waals surface area contributed by atoms with Crippen LogP contribution in [0.25, 0.3) is 10.9 Å². The molecule has 4 rings (SSSR count). The maximum absolute atomic E-state index is 11.0. The maximum Gasteiger partial charge on any atom is 0.119 e. The number of ether oxygens (including phenoxy) is 1. The summed E-state index contributed by atoms with van der Waals surface area (Å²) in [7, 11) is 1.65. The summed E-state index contributed by atoms with van der Waals surface area (Å²) in [5, 5.41) is 30.1. The zero-order chi connectivity index (χ0) is 18.1. The number of aliphatic hydroxyl groups is 2. The van der Waals surface area contributed by atoms with E-state index < -0.39 is 11.7 Å². The van der Waals surface area contributed by atoms with Gasteiger partial charge in [0.25, 0.3) is 0 Å². The molecule has 0 saturated carbocycles. The number of methoxy groups -OCH3 is 1. The molecule has 26 heavy (non-hydrogen) atoms. The minimum Gasteiger partial charge on any atom is -0.497 e. The molecule has 6 nitrogen and oxygen atoms in total. The fourth-order valence-corrected chi connectivity index (χ4v) is 3.70. The van der Waals surface area contributed by atoms with E-state index in [1.807, 2.05) is 48.5 Å². The first-order chi connectivity index (χ1) is 12.6. The zero-order valence-corrected chi connectivity index (χ0v) is 14.7. The quantitative estimate of drug-likeness (QED) is 0.669. The fourth-order valence-electron chi connectivity index (χ4n) is 3.70. The van der Waals surface area contributed by atoms with Gasteiger partial charge in [0.1, 0.15) is 11.4 Å². The Labute approximate surface area is 152 Å². The van der Waals surface area contributed by atoms with Gasteiger partial charge in [0.2, 0.25) is 0 Å². The summed E-state index contributed by atoms with van der Waals surface area (Å²) in [5.74, 6) is 0.789. The van der Waals surface area contributed by atoms with Crippen LogP contribution >= 0.6 is 0 Å². The first-order valence-electron chi connectivity index (χ1n) is 8.79. The molecule has 1 fully saturated rings. The molecule has 0 bridgehead atoms. The summed E-state index contributed by atoms with van der Waals surface area (Å²) in [6.07, 6.45) is -0.365. The molecule has 2 aromatic carbocycles. The van der Waals surface area contributed by atoms with Crippen LogP contribution in [0.1, 0.15) is 17.7 Å².